The Kier molecular flexibility index (Phi) is 2.75. The van der Waals surface area contributed by atoms with Gasteiger partial charge in [0.15, 0.2) is 0 Å². The highest BCUT2D eigenvalue weighted by Crippen LogP contribution is 1.93. The lowest BCUT2D eigenvalue weighted by molar-refractivity contribution is 0.584. The average molecular weight is 223 g/mol. The summed E-state index contributed by atoms with van der Waals surface area (Å²) >= 11 is -1.47. The Hall–Kier alpha value is -1.73. The molecule has 0 aliphatic heterocycles. The molecule has 0 fully saturated rings. The number of rotatable bonds is 3. The third-order valence-electron chi connectivity index (χ3n) is 1.71. The first-order valence-electron chi connectivity index (χ1n) is 4.16. The van der Waals surface area contributed by atoms with Gasteiger partial charge in [0.1, 0.15) is 11.8 Å². The Bertz CT molecular complexity index is 480. The topological polar surface area (TPSA) is 81.7 Å². The minimum absolute atomic E-state index is 0.228. The number of hydrogen-bond acceptors (Lipinski definition) is 4. The minimum Gasteiger partial charge on any atom is -0.567 e. The Morgan fingerprint density at radius 1 is 1.40 bits per heavy atom. The second kappa shape index (κ2) is 4.20. The van der Waals surface area contributed by atoms with Gasteiger partial charge in [0.2, 0.25) is 11.5 Å². The van der Waals surface area contributed by atoms with Crippen LogP contribution in [0.25, 0.3) is 0 Å². The van der Waals surface area contributed by atoms with E-state index in [-0.39, 0.29) is 5.49 Å². The number of hydrogen-bond donors (Lipinski definition) is 2. The van der Waals surface area contributed by atoms with Gasteiger partial charge in [-0.15, -0.1) is 8.80 Å². The van der Waals surface area contributed by atoms with E-state index >= 15 is 0 Å². The van der Waals surface area contributed by atoms with Crippen LogP contribution in [0.1, 0.15) is 0 Å². The first-order chi connectivity index (χ1) is 7.27. The molecule has 0 saturated carbocycles. The van der Waals surface area contributed by atoms with Crippen molar-refractivity contribution < 1.29 is 4.55 Å². The van der Waals surface area contributed by atoms with Crippen LogP contribution >= 0.6 is 0 Å². The maximum absolute atomic E-state index is 11.6. The first kappa shape index (κ1) is 9.81. The standard InChI is InChI=1S/C8H9N5OS/c9-8-3-1-2-5-13(8)11-15(14)12-6-4-10-7-12/h1-7,9,11H. The van der Waals surface area contributed by atoms with E-state index < -0.39 is 11.5 Å². The summed E-state index contributed by atoms with van der Waals surface area (Å²) in [5.74, 6) is 0. The lowest BCUT2D eigenvalue weighted by atomic mass is 10.5. The van der Waals surface area contributed by atoms with Crippen molar-refractivity contribution in [2.45, 2.75) is 0 Å². The summed E-state index contributed by atoms with van der Waals surface area (Å²) in [6.07, 6.45) is 6.18. The Morgan fingerprint density at radius 3 is 2.93 bits per heavy atom. The normalized spacial score (nSPS) is 12.3. The molecule has 0 aromatic carbocycles. The SMILES string of the molecule is N=c1ccccn1N[S+]([O-])n1ccnc1. The van der Waals surface area contributed by atoms with E-state index in [1.165, 1.54) is 21.2 Å². The third-order valence-corrected chi connectivity index (χ3v) is 2.66. The van der Waals surface area contributed by atoms with Gasteiger partial charge in [0, 0.05) is 12.4 Å². The molecule has 0 aliphatic rings. The molecule has 1 unspecified atom stereocenters. The van der Waals surface area contributed by atoms with Gasteiger partial charge >= 0.3 is 0 Å². The highest BCUT2D eigenvalue weighted by atomic mass is 32.2. The second-order valence-corrected chi connectivity index (χ2v) is 3.82. The molecule has 0 bridgehead atoms. The molecule has 1 atom stereocenters. The van der Waals surface area contributed by atoms with Crippen LogP contribution in [0.3, 0.4) is 0 Å². The minimum atomic E-state index is -1.47. The molecule has 0 radical (unpaired) electrons. The third kappa shape index (κ3) is 2.20. The molecule has 15 heavy (non-hydrogen) atoms. The second-order valence-electron chi connectivity index (χ2n) is 2.72. The predicted octanol–water partition coefficient (Wildman–Crippen LogP) is -0.165. The van der Waals surface area contributed by atoms with Crippen LogP contribution in [0.4, 0.5) is 0 Å². The quantitative estimate of drug-likeness (QED) is 0.709. The van der Waals surface area contributed by atoms with E-state index in [9.17, 15) is 4.55 Å². The zero-order chi connectivity index (χ0) is 10.7. The van der Waals surface area contributed by atoms with Crippen molar-refractivity contribution in [3.8, 4) is 0 Å². The Labute approximate surface area is 89.1 Å². The number of aromatic nitrogens is 3. The van der Waals surface area contributed by atoms with Gasteiger partial charge in [-0.05, 0) is 12.1 Å². The lowest BCUT2D eigenvalue weighted by Crippen LogP contribution is -2.34. The van der Waals surface area contributed by atoms with Crippen LogP contribution in [-0.2, 0) is 11.5 Å². The van der Waals surface area contributed by atoms with Crippen molar-refractivity contribution in [3.63, 3.8) is 0 Å². The van der Waals surface area contributed by atoms with Crippen LogP contribution in [0.2, 0.25) is 0 Å². The molecule has 0 aliphatic carbocycles. The van der Waals surface area contributed by atoms with Crippen molar-refractivity contribution >= 4 is 11.5 Å². The summed E-state index contributed by atoms with van der Waals surface area (Å²) < 4.78 is 14.4. The van der Waals surface area contributed by atoms with Gasteiger partial charge < -0.3 is 4.55 Å². The summed E-state index contributed by atoms with van der Waals surface area (Å²) in [7, 11) is 0. The average Bonchev–Trinajstić information content (AvgIpc) is 2.74. The van der Waals surface area contributed by atoms with E-state index in [4.69, 9.17) is 5.41 Å². The maximum atomic E-state index is 11.6. The van der Waals surface area contributed by atoms with Gasteiger partial charge in [-0.25, -0.2) is 9.66 Å². The fourth-order valence-corrected chi connectivity index (χ4v) is 1.73. The molecule has 2 N–H and O–H groups in total. The zero-order valence-electron chi connectivity index (χ0n) is 7.70. The van der Waals surface area contributed by atoms with Gasteiger partial charge in [-0.1, -0.05) is 6.07 Å². The molecule has 2 heterocycles. The van der Waals surface area contributed by atoms with E-state index in [0.717, 1.165) is 0 Å². The van der Waals surface area contributed by atoms with Crippen LogP contribution < -0.4 is 10.3 Å². The summed E-state index contributed by atoms with van der Waals surface area (Å²) in [4.78, 5) is 6.42. The molecular weight excluding hydrogens is 214 g/mol. The van der Waals surface area contributed by atoms with Crippen molar-refractivity contribution in [2.75, 3.05) is 4.83 Å². The number of pyridine rings is 1. The molecule has 2 aromatic rings. The maximum Gasteiger partial charge on any atom is 0.216 e. The number of imidazole rings is 1. The van der Waals surface area contributed by atoms with E-state index in [1.54, 1.807) is 30.6 Å². The summed E-state index contributed by atoms with van der Waals surface area (Å²) in [5.41, 5.74) is 0.228. The summed E-state index contributed by atoms with van der Waals surface area (Å²) in [6, 6.07) is 5.08. The summed E-state index contributed by atoms with van der Waals surface area (Å²) in [6.45, 7) is 0. The van der Waals surface area contributed by atoms with Crippen molar-refractivity contribution in [3.05, 3.63) is 48.6 Å². The Balaban J connectivity index is 2.16. The fourth-order valence-electron chi connectivity index (χ4n) is 0.999. The van der Waals surface area contributed by atoms with Crippen molar-refractivity contribution in [2.24, 2.45) is 0 Å². The van der Waals surface area contributed by atoms with Crippen molar-refractivity contribution in [1.82, 2.24) is 13.6 Å². The highest BCUT2D eigenvalue weighted by molar-refractivity contribution is 7.90. The zero-order valence-corrected chi connectivity index (χ0v) is 8.52. The van der Waals surface area contributed by atoms with Crippen LogP contribution in [0, 0.1) is 5.41 Å². The molecule has 2 aromatic heterocycles. The summed E-state index contributed by atoms with van der Waals surface area (Å²) in [5, 5.41) is 7.53. The molecule has 0 saturated heterocycles. The molecule has 6 nitrogen and oxygen atoms in total. The predicted molar refractivity (Wildman–Crippen MR) is 55.4 cm³/mol. The van der Waals surface area contributed by atoms with E-state index in [2.05, 4.69) is 9.82 Å². The van der Waals surface area contributed by atoms with E-state index in [1.807, 2.05) is 0 Å². The monoisotopic (exact) mass is 223 g/mol. The number of nitrogens with one attached hydrogen (secondary N) is 2. The van der Waals surface area contributed by atoms with Crippen LogP contribution in [-0.4, -0.2) is 18.2 Å². The van der Waals surface area contributed by atoms with Crippen LogP contribution in [0.5, 0.6) is 0 Å². The highest BCUT2D eigenvalue weighted by Gasteiger charge is 2.08. The van der Waals surface area contributed by atoms with Crippen LogP contribution in [0.15, 0.2) is 43.1 Å². The van der Waals surface area contributed by atoms with Gasteiger partial charge in [0.05, 0.1) is 6.20 Å². The molecular formula is C8H9N5OS. The molecule has 0 amide bonds. The van der Waals surface area contributed by atoms with Gasteiger partial charge in [0.25, 0.3) is 0 Å². The van der Waals surface area contributed by atoms with Gasteiger partial charge in [-0.2, -0.15) is 0 Å². The fraction of sp³-hybridized carbons (Fsp3) is 0. The van der Waals surface area contributed by atoms with E-state index in [0.29, 0.717) is 0 Å². The molecule has 0 spiro atoms. The number of nitrogens with zero attached hydrogens (tertiary/aromatic N) is 3. The first-order valence-corrected chi connectivity index (χ1v) is 5.27. The lowest BCUT2D eigenvalue weighted by Gasteiger charge is -2.12. The molecule has 7 heteroatoms. The molecule has 78 valence electrons. The molecule has 2 rings (SSSR count). The Morgan fingerprint density at radius 2 is 2.27 bits per heavy atom. The largest absolute Gasteiger partial charge is 0.567 e. The van der Waals surface area contributed by atoms with Crippen molar-refractivity contribution in [1.29, 1.82) is 5.41 Å². The van der Waals surface area contributed by atoms with Gasteiger partial charge in [-0.3, -0.25) is 5.41 Å². The smallest absolute Gasteiger partial charge is 0.216 e.